The van der Waals surface area contributed by atoms with Crippen LogP contribution in [0, 0.1) is 0 Å². The highest BCUT2D eigenvalue weighted by Crippen LogP contribution is 2.22. The molecule has 0 saturated heterocycles. The third kappa shape index (κ3) is 15.9. The average Bonchev–Trinajstić information content (AvgIpc) is 2.86. The number of amides is 2. The van der Waals surface area contributed by atoms with Crippen LogP contribution in [0.4, 0.5) is 9.59 Å². The fraction of sp³-hybridized carbons (Fsp3) is 0.731. The van der Waals surface area contributed by atoms with Crippen LogP contribution in [-0.2, 0) is 14.3 Å². The first kappa shape index (κ1) is 30.5. The van der Waals surface area contributed by atoms with Crippen LogP contribution in [0.2, 0.25) is 0 Å². The molecule has 0 aromatic heterocycles. The molecule has 2 rings (SSSR count). The fourth-order valence-corrected chi connectivity index (χ4v) is 4.30. The van der Waals surface area contributed by atoms with E-state index < -0.39 is 24.2 Å². The Morgan fingerprint density at radius 2 is 1.34 bits per heavy atom. The smallest absolute Gasteiger partial charge is 0.408 e. The molecular weight excluding hydrogens is 450 g/mol. The molecule has 0 aliphatic heterocycles. The number of carboxylic acid groups (broad SMARTS) is 1. The Hall–Kier alpha value is -2.55. The van der Waals surface area contributed by atoms with E-state index in [-0.39, 0.29) is 19.6 Å². The normalized spacial score (nSPS) is 17.1. The van der Waals surface area contributed by atoms with Gasteiger partial charge in [-0.1, -0.05) is 63.8 Å². The van der Waals surface area contributed by atoms with E-state index in [0.717, 1.165) is 12.1 Å². The van der Waals surface area contributed by atoms with Crippen molar-refractivity contribution in [2.75, 3.05) is 19.8 Å². The fourth-order valence-electron chi connectivity index (χ4n) is 4.30. The van der Waals surface area contributed by atoms with Crippen LogP contribution in [0.25, 0.3) is 0 Å². The number of carbonyl (C=O) groups excluding carboxylic acids is 2. The van der Waals surface area contributed by atoms with E-state index in [9.17, 15) is 14.4 Å². The Morgan fingerprint density at radius 1 is 0.829 bits per heavy atom. The maximum atomic E-state index is 11.3. The molecule has 2 amide bonds. The Labute approximate surface area is 210 Å². The maximum Gasteiger partial charge on any atom is 0.408 e. The summed E-state index contributed by atoms with van der Waals surface area (Å²) in [6.45, 7) is 7.28. The molecule has 2 fully saturated rings. The van der Waals surface area contributed by atoms with E-state index in [1.54, 1.807) is 0 Å². The second-order valence-corrected chi connectivity index (χ2v) is 9.07. The largest absolute Gasteiger partial charge is 0.480 e. The van der Waals surface area contributed by atoms with E-state index in [0.29, 0.717) is 19.4 Å². The number of aliphatic carboxylic acids is 1. The van der Waals surface area contributed by atoms with Gasteiger partial charge in [0.25, 0.3) is 0 Å². The highest BCUT2D eigenvalue weighted by molar-refractivity contribution is 5.79. The van der Waals surface area contributed by atoms with Gasteiger partial charge in [0.15, 0.2) is 0 Å². The van der Waals surface area contributed by atoms with Crippen LogP contribution in [0.5, 0.6) is 0 Å². The van der Waals surface area contributed by atoms with Crippen molar-refractivity contribution in [2.24, 2.45) is 0 Å². The van der Waals surface area contributed by atoms with Crippen molar-refractivity contribution < 1.29 is 29.0 Å². The van der Waals surface area contributed by atoms with Gasteiger partial charge in [0, 0.05) is 18.6 Å². The van der Waals surface area contributed by atoms with Gasteiger partial charge in [0.05, 0.1) is 0 Å². The van der Waals surface area contributed by atoms with Gasteiger partial charge in [-0.05, 0) is 44.9 Å². The lowest BCUT2D eigenvalue weighted by Crippen LogP contribution is -2.41. The average molecular weight is 496 g/mol. The zero-order valence-electron chi connectivity index (χ0n) is 21.1. The van der Waals surface area contributed by atoms with E-state index in [1.165, 1.54) is 76.4 Å². The Balaban J connectivity index is 0.000000394. The molecule has 9 heteroatoms. The molecule has 2 saturated carbocycles. The second kappa shape index (κ2) is 19.7. The summed E-state index contributed by atoms with van der Waals surface area (Å²) in [7, 11) is 0. The van der Waals surface area contributed by atoms with Crippen LogP contribution in [0.1, 0.15) is 83.5 Å². The summed E-state index contributed by atoms with van der Waals surface area (Å²) in [6.07, 6.45) is 17.3. The van der Waals surface area contributed by atoms with Gasteiger partial charge in [0.2, 0.25) is 0 Å². The molecule has 0 spiro atoms. The number of carboxylic acids is 1. The zero-order valence-corrected chi connectivity index (χ0v) is 21.1. The second-order valence-electron chi connectivity index (χ2n) is 9.07. The third-order valence-electron chi connectivity index (χ3n) is 6.13. The molecule has 0 bridgehead atoms. The minimum atomic E-state index is -1.14. The summed E-state index contributed by atoms with van der Waals surface area (Å²) in [5.74, 6) is -1.14. The van der Waals surface area contributed by atoms with Crippen LogP contribution in [0.15, 0.2) is 25.3 Å². The molecule has 35 heavy (non-hydrogen) atoms. The lowest BCUT2D eigenvalue weighted by atomic mass is 9.91. The first-order valence-electron chi connectivity index (χ1n) is 13.0. The van der Waals surface area contributed by atoms with Crippen molar-refractivity contribution in [3.05, 3.63) is 25.3 Å². The standard InChI is InChI=1S/C14H22N2O6.C12H23N/c1-3-9-21-13(19)15-8-6-5-7-11(12(17)18)16-14(20)22-10-4-2;1-3-7-11(8-4-1)13-12-9-5-2-6-10-12/h3-4,11H,1-2,5-10H2,(H,15,19)(H,16,20)(H,17,18);11-13H,1-10H2/t11-;/m0./s1. The van der Waals surface area contributed by atoms with Gasteiger partial charge in [-0.3, -0.25) is 0 Å². The van der Waals surface area contributed by atoms with E-state index >= 15 is 0 Å². The number of unbranched alkanes of at least 4 members (excludes halogenated alkanes) is 1. The zero-order chi connectivity index (χ0) is 25.7. The van der Waals surface area contributed by atoms with Gasteiger partial charge in [0.1, 0.15) is 19.3 Å². The van der Waals surface area contributed by atoms with E-state index in [4.69, 9.17) is 9.84 Å². The van der Waals surface area contributed by atoms with Gasteiger partial charge in [-0.2, -0.15) is 0 Å². The first-order valence-corrected chi connectivity index (χ1v) is 13.0. The monoisotopic (exact) mass is 495 g/mol. The molecule has 4 N–H and O–H groups in total. The van der Waals surface area contributed by atoms with Crippen molar-refractivity contribution in [1.82, 2.24) is 16.0 Å². The lowest BCUT2D eigenvalue weighted by Gasteiger charge is -2.30. The topological polar surface area (TPSA) is 126 Å². The molecule has 9 nitrogen and oxygen atoms in total. The van der Waals surface area contributed by atoms with Crippen LogP contribution in [0.3, 0.4) is 0 Å². The molecule has 200 valence electrons. The number of alkyl carbamates (subject to hydrolysis) is 2. The molecule has 0 heterocycles. The summed E-state index contributed by atoms with van der Waals surface area (Å²) in [6, 6.07) is 0.707. The number of rotatable bonds is 13. The van der Waals surface area contributed by atoms with Gasteiger partial charge < -0.3 is 30.5 Å². The molecular formula is C26H45N3O6. The predicted octanol–water partition coefficient (Wildman–Crippen LogP) is 4.68. The molecule has 2 aliphatic carbocycles. The van der Waals surface area contributed by atoms with Gasteiger partial charge in [-0.15, -0.1) is 0 Å². The SMILES string of the molecule is C1CCC(NC2CCCCC2)CC1.C=CCOC(=O)NCCCC[C@H](NC(=O)OCC=C)C(=O)O. The molecule has 0 unspecified atom stereocenters. The van der Waals surface area contributed by atoms with Crippen molar-refractivity contribution in [3.63, 3.8) is 0 Å². The number of ether oxygens (including phenoxy) is 2. The van der Waals surface area contributed by atoms with Crippen molar-refractivity contribution in [1.29, 1.82) is 0 Å². The minimum Gasteiger partial charge on any atom is -0.480 e. The van der Waals surface area contributed by atoms with Gasteiger partial charge in [-0.25, -0.2) is 14.4 Å². The predicted molar refractivity (Wildman–Crippen MR) is 136 cm³/mol. The van der Waals surface area contributed by atoms with E-state index in [2.05, 4.69) is 33.8 Å². The number of carbonyl (C=O) groups is 3. The van der Waals surface area contributed by atoms with Gasteiger partial charge >= 0.3 is 18.2 Å². The molecule has 2 aliphatic rings. The molecule has 0 radical (unpaired) electrons. The summed E-state index contributed by atoms with van der Waals surface area (Å²) >= 11 is 0. The number of hydrogen-bond donors (Lipinski definition) is 4. The summed E-state index contributed by atoms with van der Waals surface area (Å²) in [4.78, 5) is 33.4. The van der Waals surface area contributed by atoms with E-state index in [1.807, 2.05) is 0 Å². The third-order valence-corrected chi connectivity index (χ3v) is 6.13. The van der Waals surface area contributed by atoms with Crippen LogP contribution >= 0.6 is 0 Å². The minimum absolute atomic E-state index is 0.00884. The Kier molecular flexibility index (Phi) is 17.2. The summed E-state index contributed by atoms with van der Waals surface area (Å²) in [5, 5.41) is 17.6. The molecule has 0 aromatic carbocycles. The molecule has 1 atom stereocenters. The van der Waals surface area contributed by atoms with Crippen molar-refractivity contribution in [3.8, 4) is 0 Å². The Morgan fingerprint density at radius 3 is 1.83 bits per heavy atom. The van der Waals surface area contributed by atoms with Crippen LogP contribution in [-0.4, -0.2) is 61.1 Å². The lowest BCUT2D eigenvalue weighted by molar-refractivity contribution is -0.139. The highest BCUT2D eigenvalue weighted by atomic mass is 16.6. The summed E-state index contributed by atoms with van der Waals surface area (Å²) < 4.78 is 9.36. The van der Waals surface area contributed by atoms with Crippen molar-refractivity contribution >= 4 is 18.2 Å². The Bertz CT molecular complexity index is 615. The van der Waals surface area contributed by atoms with Crippen molar-refractivity contribution in [2.45, 2.75) is 102 Å². The number of nitrogens with one attached hydrogen (secondary N) is 3. The number of hydrogen-bond acceptors (Lipinski definition) is 6. The highest BCUT2D eigenvalue weighted by Gasteiger charge is 2.20. The maximum absolute atomic E-state index is 11.3. The summed E-state index contributed by atoms with van der Waals surface area (Å²) in [5.41, 5.74) is 0. The quantitative estimate of drug-likeness (QED) is 0.216. The van der Waals surface area contributed by atoms with Crippen LogP contribution < -0.4 is 16.0 Å². The molecule has 0 aromatic rings. The first-order chi connectivity index (χ1) is 17.0.